The van der Waals surface area contributed by atoms with Crippen molar-refractivity contribution in [3.8, 4) is 0 Å². The maximum atomic E-state index is 12.5. The van der Waals surface area contributed by atoms with E-state index in [4.69, 9.17) is 0 Å². The van der Waals surface area contributed by atoms with E-state index >= 15 is 0 Å². The van der Waals surface area contributed by atoms with Gasteiger partial charge in [0.15, 0.2) is 0 Å². The Morgan fingerprint density at radius 2 is 1.88 bits per heavy atom. The molecule has 1 saturated heterocycles. The molecule has 134 valence electrons. The zero-order valence-corrected chi connectivity index (χ0v) is 15.5. The number of amides is 1. The molecule has 3 rings (SSSR count). The van der Waals surface area contributed by atoms with Crippen molar-refractivity contribution in [3.05, 3.63) is 34.5 Å². The van der Waals surface area contributed by atoms with Gasteiger partial charge in [-0.2, -0.15) is 5.10 Å². The van der Waals surface area contributed by atoms with Crippen LogP contribution in [0.5, 0.6) is 0 Å². The van der Waals surface area contributed by atoms with E-state index in [9.17, 15) is 4.79 Å². The molecule has 0 spiro atoms. The third kappa shape index (κ3) is 3.81. The minimum Gasteiger partial charge on any atom is -0.357 e. The number of nitrogens with zero attached hydrogens (tertiary/aromatic N) is 5. The molecule has 7 nitrogen and oxygen atoms in total. The minimum absolute atomic E-state index is 0.132. The minimum atomic E-state index is -0.132. The zero-order chi connectivity index (χ0) is 18.0. The van der Waals surface area contributed by atoms with E-state index in [1.807, 2.05) is 33.9 Å². The van der Waals surface area contributed by atoms with Crippen LogP contribution < -0.4 is 10.2 Å². The van der Waals surface area contributed by atoms with Crippen LogP contribution in [0, 0.1) is 20.8 Å². The fourth-order valence-corrected chi connectivity index (χ4v) is 3.33. The number of nitrogens with one attached hydrogen (secondary N) is 1. The quantitative estimate of drug-likeness (QED) is 0.920. The highest BCUT2D eigenvalue weighted by molar-refractivity contribution is 5.96. The Kier molecular flexibility index (Phi) is 5.01. The third-order valence-electron chi connectivity index (χ3n) is 4.71. The topological polar surface area (TPSA) is 75.9 Å². The van der Waals surface area contributed by atoms with Crippen LogP contribution in [0.15, 0.2) is 6.07 Å². The molecule has 2 aromatic rings. The summed E-state index contributed by atoms with van der Waals surface area (Å²) in [5, 5.41) is 7.23. The summed E-state index contributed by atoms with van der Waals surface area (Å²) in [6, 6.07) is 2.02. The van der Waals surface area contributed by atoms with Crippen molar-refractivity contribution in [3.63, 3.8) is 0 Å². The molecule has 7 heteroatoms. The standard InChI is InChI=1S/C18H26N6O/c1-12-10-16(24-8-6-5-7-9-24)21-15(20-12)11-19-18(25)17-13(2)22-23(4)14(17)3/h10H,5-9,11H2,1-4H3,(H,19,25). The molecule has 2 aromatic heterocycles. The molecule has 1 aliphatic heterocycles. The van der Waals surface area contributed by atoms with Crippen LogP contribution in [0.4, 0.5) is 5.82 Å². The highest BCUT2D eigenvalue weighted by Crippen LogP contribution is 2.18. The number of carbonyl (C=O) groups excluding carboxylic acids is 1. The molecule has 1 N–H and O–H groups in total. The summed E-state index contributed by atoms with van der Waals surface area (Å²) >= 11 is 0. The average molecular weight is 342 g/mol. The highest BCUT2D eigenvalue weighted by atomic mass is 16.1. The lowest BCUT2D eigenvalue weighted by atomic mass is 10.1. The van der Waals surface area contributed by atoms with Gasteiger partial charge in [0.1, 0.15) is 11.6 Å². The predicted octanol–water partition coefficient (Wildman–Crippen LogP) is 2.06. The van der Waals surface area contributed by atoms with Crippen LogP contribution in [0.3, 0.4) is 0 Å². The van der Waals surface area contributed by atoms with E-state index in [0.717, 1.165) is 36.0 Å². The van der Waals surface area contributed by atoms with E-state index in [0.29, 0.717) is 17.9 Å². The molecule has 0 saturated carbocycles. The van der Waals surface area contributed by atoms with Gasteiger partial charge in [-0.3, -0.25) is 9.48 Å². The maximum Gasteiger partial charge on any atom is 0.255 e. The molecule has 0 aromatic carbocycles. The molecule has 25 heavy (non-hydrogen) atoms. The lowest BCUT2D eigenvalue weighted by Crippen LogP contribution is -2.31. The van der Waals surface area contributed by atoms with E-state index in [2.05, 4.69) is 25.3 Å². The second kappa shape index (κ2) is 7.21. The van der Waals surface area contributed by atoms with Crippen LogP contribution in [0.2, 0.25) is 0 Å². The van der Waals surface area contributed by atoms with Gasteiger partial charge in [-0.15, -0.1) is 0 Å². The third-order valence-corrected chi connectivity index (χ3v) is 4.71. The summed E-state index contributed by atoms with van der Waals surface area (Å²) in [4.78, 5) is 23.9. The molecule has 1 aliphatic rings. The summed E-state index contributed by atoms with van der Waals surface area (Å²) in [7, 11) is 1.84. The van der Waals surface area contributed by atoms with Gasteiger partial charge in [-0.05, 0) is 40.0 Å². The first kappa shape index (κ1) is 17.4. The average Bonchev–Trinajstić information content (AvgIpc) is 2.85. The summed E-state index contributed by atoms with van der Waals surface area (Å²) < 4.78 is 1.72. The number of rotatable bonds is 4. The number of hydrogen-bond donors (Lipinski definition) is 1. The van der Waals surface area contributed by atoms with Crippen LogP contribution in [0.1, 0.15) is 52.5 Å². The number of piperidine rings is 1. The Balaban J connectivity index is 1.72. The number of hydrogen-bond acceptors (Lipinski definition) is 5. The summed E-state index contributed by atoms with van der Waals surface area (Å²) in [6.07, 6.45) is 3.69. The van der Waals surface area contributed by atoms with Crippen LogP contribution in [-0.2, 0) is 13.6 Å². The first-order valence-corrected chi connectivity index (χ1v) is 8.83. The number of anilines is 1. The Bertz CT molecular complexity index is 776. The predicted molar refractivity (Wildman–Crippen MR) is 96.7 cm³/mol. The molecular weight excluding hydrogens is 316 g/mol. The molecule has 1 fully saturated rings. The second-order valence-electron chi connectivity index (χ2n) is 6.68. The Hall–Kier alpha value is -2.44. The van der Waals surface area contributed by atoms with Crippen LogP contribution in [-0.4, -0.2) is 38.7 Å². The normalized spacial score (nSPS) is 14.6. The smallest absolute Gasteiger partial charge is 0.255 e. The lowest BCUT2D eigenvalue weighted by Gasteiger charge is -2.28. The number of aryl methyl sites for hydroxylation is 3. The van der Waals surface area contributed by atoms with Crippen molar-refractivity contribution < 1.29 is 4.79 Å². The largest absolute Gasteiger partial charge is 0.357 e. The highest BCUT2D eigenvalue weighted by Gasteiger charge is 2.18. The summed E-state index contributed by atoms with van der Waals surface area (Å²) in [5.74, 6) is 1.48. The van der Waals surface area contributed by atoms with Gasteiger partial charge >= 0.3 is 0 Å². The van der Waals surface area contributed by atoms with Gasteiger partial charge in [-0.1, -0.05) is 0 Å². The molecular formula is C18H26N6O. The van der Waals surface area contributed by atoms with E-state index in [1.54, 1.807) is 4.68 Å². The van der Waals surface area contributed by atoms with Gasteiger partial charge in [-0.25, -0.2) is 9.97 Å². The van der Waals surface area contributed by atoms with Gasteiger partial charge in [0.2, 0.25) is 0 Å². The molecule has 0 bridgehead atoms. The maximum absolute atomic E-state index is 12.5. The lowest BCUT2D eigenvalue weighted by molar-refractivity contribution is 0.0948. The number of carbonyl (C=O) groups is 1. The number of aromatic nitrogens is 4. The van der Waals surface area contributed by atoms with Crippen molar-refractivity contribution >= 4 is 11.7 Å². The fourth-order valence-electron chi connectivity index (χ4n) is 3.33. The molecule has 0 aliphatic carbocycles. The van der Waals surface area contributed by atoms with Crippen molar-refractivity contribution in [2.75, 3.05) is 18.0 Å². The zero-order valence-electron chi connectivity index (χ0n) is 15.5. The van der Waals surface area contributed by atoms with Gasteiger partial charge in [0.05, 0.1) is 17.8 Å². The Labute approximate surface area is 148 Å². The SMILES string of the molecule is Cc1cc(N2CCCCC2)nc(CNC(=O)c2c(C)nn(C)c2C)n1. The van der Waals surface area contributed by atoms with Crippen molar-refractivity contribution in [2.24, 2.45) is 7.05 Å². The van der Waals surface area contributed by atoms with Crippen molar-refractivity contribution in [1.29, 1.82) is 0 Å². The molecule has 0 unspecified atom stereocenters. The van der Waals surface area contributed by atoms with Gasteiger partial charge in [0.25, 0.3) is 5.91 Å². The van der Waals surface area contributed by atoms with Crippen LogP contribution in [0.25, 0.3) is 0 Å². The first-order valence-electron chi connectivity index (χ1n) is 8.83. The molecule has 0 radical (unpaired) electrons. The Morgan fingerprint density at radius 1 is 1.16 bits per heavy atom. The van der Waals surface area contributed by atoms with Gasteiger partial charge < -0.3 is 10.2 Å². The van der Waals surface area contributed by atoms with Gasteiger partial charge in [0, 0.05) is 37.6 Å². The van der Waals surface area contributed by atoms with E-state index < -0.39 is 0 Å². The van der Waals surface area contributed by atoms with Crippen molar-refractivity contribution in [2.45, 2.75) is 46.6 Å². The first-order chi connectivity index (χ1) is 12.0. The molecule has 0 atom stereocenters. The van der Waals surface area contributed by atoms with E-state index in [1.165, 1.54) is 19.3 Å². The van der Waals surface area contributed by atoms with E-state index in [-0.39, 0.29) is 5.91 Å². The van der Waals surface area contributed by atoms with Crippen molar-refractivity contribution in [1.82, 2.24) is 25.1 Å². The second-order valence-corrected chi connectivity index (χ2v) is 6.68. The summed E-state index contributed by atoms with van der Waals surface area (Å²) in [6.45, 7) is 8.10. The van der Waals surface area contributed by atoms with Crippen LogP contribution >= 0.6 is 0 Å². The fraction of sp³-hybridized carbons (Fsp3) is 0.556. The monoisotopic (exact) mass is 342 g/mol. The summed E-state index contributed by atoms with van der Waals surface area (Å²) in [5.41, 5.74) is 3.14. The molecule has 3 heterocycles. The Morgan fingerprint density at radius 3 is 2.52 bits per heavy atom. The molecule has 1 amide bonds.